The number of hydrogen-bond donors (Lipinski definition) is 0. The summed E-state index contributed by atoms with van der Waals surface area (Å²) in [4.78, 5) is 0. The predicted molar refractivity (Wildman–Crippen MR) is 380 cm³/mol. The summed E-state index contributed by atoms with van der Waals surface area (Å²) in [7, 11) is 0. The van der Waals surface area contributed by atoms with Crippen molar-refractivity contribution in [2.75, 3.05) is 0 Å². The van der Waals surface area contributed by atoms with Gasteiger partial charge in [0, 0.05) is 54.2 Å². The van der Waals surface area contributed by atoms with Crippen molar-refractivity contribution in [1.82, 2.24) is 18.3 Å². The monoisotopic (exact) mass is 1170 g/mol. The van der Waals surface area contributed by atoms with Crippen LogP contribution in [0.15, 0.2) is 315 Å². The van der Waals surface area contributed by atoms with E-state index in [1.807, 2.05) is 12.1 Å². The fraction of sp³-hybridized carbons (Fsp3) is 0. The Morgan fingerprint density at radius 2 is 0.446 bits per heavy atom. The molecule has 0 saturated heterocycles. The molecule has 426 valence electrons. The second-order valence-electron chi connectivity index (χ2n) is 23.8. The molecule has 6 nitrogen and oxygen atoms in total. The van der Waals surface area contributed by atoms with Crippen LogP contribution < -0.4 is 0 Å². The van der Waals surface area contributed by atoms with Crippen LogP contribution in [-0.4, -0.2) is 18.3 Å². The van der Waals surface area contributed by atoms with E-state index in [2.05, 4.69) is 334 Å². The van der Waals surface area contributed by atoms with Gasteiger partial charge >= 0.3 is 0 Å². The predicted octanol–water partition coefficient (Wildman–Crippen LogP) is 22.2. The summed E-state index contributed by atoms with van der Waals surface area (Å²) in [6.45, 7) is 0. The maximum Gasteiger partial charge on any atom is 0.101 e. The molecule has 0 aliphatic heterocycles. The Kier molecular flexibility index (Phi) is 11.9. The molecule has 0 amide bonds. The van der Waals surface area contributed by atoms with Crippen molar-refractivity contribution in [3.8, 4) is 90.5 Å². The molecular weight excluding hydrogens is 1120 g/mol. The van der Waals surface area contributed by atoms with Crippen molar-refractivity contribution in [3.63, 3.8) is 0 Å². The minimum Gasteiger partial charge on any atom is -0.309 e. The van der Waals surface area contributed by atoms with Gasteiger partial charge in [0.25, 0.3) is 0 Å². The molecule has 6 heteroatoms. The average molecular weight is 1170 g/mol. The zero-order chi connectivity index (χ0) is 61.0. The van der Waals surface area contributed by atoms with Crippen molar-refractivity contribution in [2.24, 2.45) is 0 Å². The van der Waals surface area contributed by atoms with Crippen LogP contribution in [0.5, 0.6) is 0 Å². The van der Waals surface area contributed by atoms with E-state index >= 15 is 0 Å². The number of fused-ring (bicyclic) bond motifs is 12. The normalized spacial score (nSPS) is 11.7. The van der Waals surface area contributed by atoms with Gasteiger partial charge in [0.15, 0.2) is 0 Å². The summed E-state index contributed by atoms with van der Waals surface area (Å²) < 4.78 is 9.35. The van der Waals surface area contributed by atoms with Gasteiger partial charge in [-0.3, -0.25) is 0 Å². The highest BCUT2D eigenvalue weighted by Gasteiger charge is 2.28. The summed E-state index contributed by atoms with van der Waals surface area (Å²) in [5, 5.41) is 32.8. The van der Waals surface area contributed by atoms with Gasteiger partial charge in [-0.15, -0.1) is 0 Å². The molecule has 0 unspecified atom stereocenters. The van der Waals surface area contributed by atoms with E-state index < -0.39 is 0 Å². The number of para-hydroxylation sites is 4. The fourth-order valence-electron chi connectivity index (χ4n) is 14.7. The molecule has 0 aliphatic carbocycles. The van der Waals surface area contributed by atoms with Gasteiger partial charge < -0.3 is 18.3 Å². The van der Waals surface area contributed by atoms with Crippen LogP contribution in [0.1, 0.15) is 11.1 Å². The first-order chi connectivity index (χ1) is 45.6. The molecule has 0 bridgehead atoms. The van der Waals surface area contributed by atoms with Crippen LogP contribution >= 0.6 is 0 Å². The lowest BCUT2D eigenvalue weighted by Gasteiger charge is -2.23. The second kappa shape index (κ2) is 21.0. The molecule has 0 aliphatic rings. The van der Waals surface area contributed by atoms with Gasteiger partial charge in [-0.05, 0) is 136 Å². The van der Waals surface area contributed by atoms with Crippen molar-refractivity contribution >= 4 is 87.2 Å². The van der Waals surface area contributed by atoms with E-state index in [0.717, 1.165) is 166 Å². The first-order valence-electron chi connectivity index (χ1n) is 31.1. The molecule has 0 atom stereocenters. The summed E-state index contributed by atoms with van der Waals surface area (Å²) >= 11 is 0. The van der Waals surface area contributed by atoms with Crippen molar-refractivity contribution < 1.29 is 0 Å². The van der Waals surface area contributed by atoms with E-state index in [4.69, 9.17) is 0 Å². The standard InChI is InChI=1S/C86H52N6/c87-53-63-48-73(85(91-78-36-20-16-32-68(78)72-47-61(40-44-81(72)91)57-25-9-3-10-26-57)51-82(63)89-76-34-18-14-30-66(76)70-45-59(38-42-79(70)89)55-21-5-1-6-22-55)74-49-64(54-88)83(90-77-35-19-15-31-67(77)71-46-60(39-43-80(71)90)56-23-7-2-8-24-56)52-86(74)92-75-33-17-13-29-65(75)69-41-37-62(50-84(69)92)58-27-11-4-12-28-58/h1-52H. The molecular formula is C86H52N6. The number of rotatable bonds is 9. The number of nitriles is 2. The van der Waals surface area contributed by atoms with Crippen LogP contribution in [0, 0.1) is 22.7 Å². The maximum atomic E-state index is 12.0. The van der Waals surface area contributed by atoms with Gasteiger partial charge in [0.2, 0.25) is 0 Å². The van der Waals surface area contributed by atoms with E-state index in [-0.39, 0.29) is 0 Å². The van der Waals surface area contributed by atoms with Crippen molar-refractivity contribution in [1.29, 1.82) is 10.5 Å². The lowest BCUT2D eigenvalue weighted by Crippen LogP contribution is -2.08. The SMILES string of the molecule is N#Cc1cc(-c2cc(C#N)c(-n3c4ccccc4c4cc(-c5ccccc5)ccc43)cc2-n2c3ccccc3c3ccc(-c4ccccc4)cc32)c(-n2c3ccccc3c3cc(-c4ccccc4)ccc32)cc1-n1c2ccccc2c2cc(-c3ccccc3)ccc21. The first kappa shape index (κ1) is 52.4. The maximum absolute atomic E-state index is 12.0. The highest BCUT2D eigenvalue weighted by atomic mass is 15.0. The Labute approximate surface area is 530 Å². The highest BCUT2D eigenvalue weighted by Crippen LogP contribution is 2.47. The lowest BCUT2D eigenvalue weighted by atomic mass is 9.94. The van der Waals surface area contributed by atoms with Crippen LogP contribution in [0.25, 0.3) is 166 Å². The summed E-state index contributed by atoms with van der Waals surface area (Å²) in [5.41, 5.74) is 22.5. The van der Waals surface area contributed by atoms with Gasteiger partial charge in [0.1, 0.15) is 12.1 Å². The topological polar surface area (TPSA) is 67.3 Å². The van der Waals surface area contributed by atoms with E-state index in [0.29, 0.717) is 11.1 Å². The zero-order valence-electron chi connectivity index (χ0n) is 49.7. The summed E-state index contributed by atoms with van der Waals surface area (Å²) in [6, 6.07) is 118. The van der Waals surface area contributed by atoms with Gasteiger partial charge in [0.05, 0.1) is 78.0 Å². The quantitative estimate of drug-likeness (QED) is 0.145. The minimum absolute atomic E-state index is 0.476. The number of benzene rings is 14. The zero-order valence-corrected chi connectivity index (χ0v) is 49.7. The van der Waals surface area contributed by atoms with Crippen LogP contribution in [-0.2, 0) is 0 Å². The van der Waals surface area contributed by atoms with E-state index in [1.54, 1.807) is 0 Å². The molecule has 18 aromatic rings. The summed E-state index contributed by atoms with van der Waals surface area (Å²) in [5.74, 6) is 0. The molecule has 0 spiro atoms. The average Bonchev–Trinajstić information content (AvgIpc) is 1.60. The largest absolute Gasteiger partial charge is 0.309 e. The third-order valence-corrected chi connectivity index (χ3v) is 18.8. The number of nitrogens with zero attached hydrogens (tertiary/aromatic N) is 6. The van der Waals surface area contributed by atoms with E-state index in [9.17, 15) is 10.5 Å². The second-order valence-corrected chi connectivity index (χ2v) is 23.8. The first-order valence-corrected chi connectivity index (χ1v) is 31.1. The Morgan fingerprint density at radius 1 is 0.185 bits per heavy atom. The third kappa shape index (κ3) is 8.12. The number of aromatic nitrogens is 4. The molecule has 4 heterocycles. The minimum atomic E-state index is 0.476. The van der Waals surface area contributed by atoms with Crippen LogP contribution in [0.2, 0.25) is 0 Å². The molecule has 0 radical (unpaired) electrons. The Morgan fingerprint density at radius 3 is 0.793 bits per heavy atom. The van der Waals surface area contributed by atoms with Gasteiger partial charge in [-0.25, -0.2) is 0 Å². The lowest BCUT2D eigenvalue weighted by molar-refractivity contribution is 1.11. The van der Waals surface area contributed by atoms with Crippen molar-refractivity contribution in [3.05, 3.63) is 327 Å². The van der Waals surface area contributed by atoms with Crippen LogP contribution in [0.3, 0.4) is 0 Å². The van der Waals surface area contributed by atoms with Crippen LogP contribution in [0.4, 0.5) is 0 Å². The Bertz CT molecular complexity index is 6130. The molecule has 92 heavy (non-hydrogen) atoms. The fourth-order valence-corrected chi connectivity index (χ4v) is 14.7. The Hall–Kier alpha value is -12.7. The number of hydrogen-bond acceptors (Lipinski definition) is 2. The molecule has 4 aromatic heterocycles. The summed E-state index contributed by atoms with van der Waals surface area (Å²) in [6.07, 6.45) is 0. The van der Waals surface area contributed by atoms with E-state index in [1.165, 1.54) is 0 Å². The molecule has 0 fully saturated rings. The van der Waals surface area contributed by atoms with Gasteiger partial charge in [-0.1, -0.05) is 224 Å². The Balaban J connectivity index is 0.992. The third-order valence-electron chi connectivity index (χ3n) is 18.8. The molecule has 18 rings (SSSR count). The van der Waals surface area contributed by atoms with Gasteiger partial charge in [-0.2, -0.15) is 10.5 Å². The molecule has 14 aromatic carbocycles. The smallest absolute Gasteiger partial charge is 0.101 e. The molecule has 0 saturated carbocycles. The van der Waals surface area contributed by atoms with Crippen molar-refractivity contribution in [2.45, 2.75) is 0 Å². The highest BCUT2D eigenvalue weighted by molar-refractivity contribution is 6.15. The molecule has 0 N–H and O–H groups in total.